The number of carbonyl (C=O) groups excluding carboxylic acids is 1. The van der Waals surface area contributed by atoms with Crippen LogP contribution in [0.4, 0.5) is 0 Å². The van der Waals surface area contributed by atoms with Crippen LogP contribution in [0.3, 0.4) is 0 Å². The van der Waals surface area contributed by atoms with E-state index in [1.807, 2.05) is 0 Å². The molecule has 1 aliphatic heterocycles. The molecule has 1 aromatic rings. The van der Waals surface area contributed by atoms with Crippen molar-refractivity contribution in [3.05, 3.63) is 21.9 Å². The van der Waals surface area contributed by atoms with Crippen molar-refractivity contribution in [2.24, 2.45) is 0 Å². The Balaban J connectivity index is 2.29. The van der Waals surface area contributed by atoms with Crippen molar-refractivity contribution < 1.29 is 4.79 Å². The van der Waals surface area contributed by atoms with Gasteiger partial charge in [-0.25, -0.2) is 0 Å². The Morgan fingerprint density at radius 1 is 1.27 bits per heavy atom. The monoisotopic (exact) mass is 322 g/mol. The molecular weight excluding hydrogens is 292 g/mol. The van der Waals surface area contributed by atoms with E-state index in [1.54, 1.807) is 11.3 Å². The fourth-order valence-corrected chi connectivity index (χ4v) is 4.39. The maximum atomic E-state index is 13.4. The first-order chi connectivity index (χ1) is 10.5. The smallest absolute Gasteiger partial charge is 0.192 e. The number of unbranched alkanes of at least 4 members (excludes halogenated alkanes) is 1. The van der Waals surface area contributed by atoms with Crippen molar-refractivity contribution in [1.29, 1.82) is 0 Å². The van der Waals surface area contributed by atoms with Gasteiger partial charge in [-0.05, 0) is 43.8 Å². The molecule has 0 aromatic carbocycles. The van der Waals surface area contributed by atoms with E-state index in [0.717, 1.165) is 56.7 Å². The minimum Gasteiger partial charge on any atom is -0.304 e. The summed E-state index contributed by atoms with van der Waals surface area (Å²) in [6.07, 6.45) is 4.16. The van der Waals surface area contributed by atoms with Crippen LogP contribution >= 0.6 is 11.3 Å². The number of likely N-dealkylation sites (N-methyl/N-ethyl adjacent to an activating group) is 1. The van der Waals surface area contributed by atoms with Gasteiger partial charge in [0, 0.05) is 26.2 Å². The number of piperazine rings is 1. The van der Waals surface area contributed by atoms with Gasteiger partial charge < -0.3 is 4.90 Å². The van der Waals surface area contributed by atoms with Gasteiger partial charge >= 0.3 is 0 Å². The third kappa shape index (κ3) is 3.61. The van der Waals surface area contributed by atoms with Gasteiger partial charge in [0.05, 0.1) is 10.4 Å². The highest BCUT2D eigenvalue weighted by molar-refractivity contribution is 7.12. The van der Waals surface area contributed by atoms with Crippen LogP contribution in [0.5, 0.6) is 0 Å². The van der Waals surface area contributed by atoms with Crippen LogP contribution in [-0.2, 0) is 0 Å². The van der Waals surface area contributed by atoms with Crippen molar-refractivity contribution in [3.63, 3.8) is 0 Å². The van der Waals surface area contributed by atoms with Gasteiger partial charge in [-0.15, -0.1) is 11.3 Å². The van der Waals surface area contributed by atoms with Gasteiger partial charge in [-0.3, -0.25) is 9.69 Å². The average Bonchev–Trinajstić information content (AvgIpc) is 2.96. The molecule has 0 N–H and O–H groups in total. The Morgan fingerprint density at radius 2 is 1.95 bits per heavy atom. The van der Waals surface area contributed by atoms with Gasteiger partial charge in [-0.2, -0.15) is 0 Å². The highest BCUT2D eigenvalue weighted by Gasteiger charge is 2.43. The number of aryl methyl sites for hydroxylation is 1. The van der Waals surface area contributed by atoms with Crippen LogP contribution in [-0.4, -0.2) is 54.3 Å². The van der Waals surface area contributed by atoms with Gasteiger partial charge in [0.15, 0.2) is 5.78 Å². The summed E-state index contributed by atoms with van der Waals surface area (Å²) in [6, 6.07) is 2.07. The highest BCUT2D eigenvalue weighted by Crippen LogP contribution is 2.33. The molecule has 2 rings (SSSR count). The first-order valence-electron chi connectivity index (χ1n) is 8.57. The molecule has 0 spiro atoms. The number of thiophene rings is 1. The summed E-state index contributed by atoms with van der Waals surface area (Å²) in [6.45, 7) is 10.6. The molecular formula is C18H30N2OS. The summed E-state index contributed by atoms with van der Waals surface area (Å²) in [5.74, 6) is 0.353. The molecule has 3 nitrogen and oxygen atoms in total. The second kappa shape index (κ2) is 7.71. The number of carbonyl (C=O) groups is 1. The van der Waals surface area contributed by atoms with E-state index in [4.69, 9.17) is 0 Å². The van der Waals surface area contributed by atoms with E-state index >= 15 is 0 Å². The van der Waals surface area contributed by atoms with Gasteiger partial charge in [-0.1, -0.05) is 26.7 Å². The fraction of sp³-hybridized carbons (Fsp3) is 0.722. The van der Waals surface area contributed by atoms with E-state index in [-0.39, 0.29) is 5.54 Å². The Kier molecular flexibility index (Phi) is 6.18. The van der Waals surface area contributed by atoms with Crippen molar-refractivity contribution >= 4 is 17.1 Å². The minimum absolute atomic E-state index is 0.297. The lowest BCUT2D eigenvalue weighted by atomic mass is 9.82. The Labute approximate surface area is 139 Å². The van der Waals surface area contributed by atoms with Gasteiger partial charge in [0.2, 0.25) is 0 Å². The summed E-state index contributed by atoms with van der Waals surface area (Å²) < 4.78 is 0. The van der Waals surface area contributed by atoms with Crippen LogP contribution in [0.2, 0.25) is 0 Å². The fourth-order valence-electron chi connectivity index (χ4n) is 3.46. The number of hydrogen-bond acceptors (Lipinski definition) is 4. The lowest BCUT2D eigenvalue weighted by molar-refractivity contribution is 0.0267. The van der Waals surface area contributed by atoms with Crippen LogP contribution in [0.15, 0.2) is 11.4 Å². The molecule has 0 saturated carbocycles. The highest BCUT2D eigenvalue weighted by atomic mass is 32.1. The Morgan fingerprint density at radius 3 is 2.45 bits per heavy atom. The largest absolute Gasteiger partial charge is 0.304 e. The average molecular weight is 323 g/mol. The first-order valence-corrected chi connectivity index (χ1v) is 9.45. The summed E-state index contributed by atoms with van der Waals surface area (Å²) in [5.41, 5.74) is 0.904. The van der Waals surface area contributed by atoms with Crippen LogP contribution < -0.4 is 0 Å². The summed E-state index contributed by atoms with van der Waals surface area (Å²) >= 11 is 1.61. The zero-order valence-corrected chi connectivity index (χ0v) is 15.3. The van der Waals surface area contributed by atoms with Crippen molar-refractivity contribution in [3.8, 4) is 0 Å². The van der Waals surface area contributed by atoms with Crippen LogP contribution in [0.25, 0.3) is 0 Å². The third-order valence-corrected chi connectivity index (χ3v) is 6.06. The number of hydrogen-bond donors (Lipinski definition) is 0. The van der Waals surface area contributed by atoms with E-state index in [1.165, 1.54) is 5.56 Å². The molecule has 1 aliphatic rings. The van der Waals surface area contributed by atoms with Crippen molar-refractivity contribution in [2.75, 3.05) is 33.2 Å². The van der Waals surface area contributed by atoms with Crippen molar-refractivity contribution in [1.82, 2.24) is 9.80 Å². The SMILES string of the molecule is CCCCC(CC)(C(=O)c1cc(C)cs1)N1CCN(C)CC1. The molecule has 22 heavy (non-hydrogen) atoms. The predicted octanol–water partition coefficient (Wildman–Crippen LogP) is 3.83. The normalized spacial score (nSPS) is 20.0. The molecule has 4 heteroatoms. The maximum absolute atomic E-state index is 13.4. The standard InChI is InChI=1S/C18H30N2OS/c1-5-7-8-18(6-2,20-11-9-19(4)10-12-20)17(21)16-13-15(3)14-22-16/h13-14H,5-12H2,1-4H3. The van der Waals surface area contributed by atoms with E-state index in [0.29, 0.717) is 5.78 Å². The molecule has 0 aliphatic carbocycles. The molecule has 124 valence electrons. The summed E-state index contributed by atoms with van der Waals surface area (Å²) in [7, 11) is 2.17. The molecule has 1 saturated heterocycles. The van der Waals surface area contributed by atoms with E-state index < -0.39 is 0 Å². The number of nitrogens with zero attached hydrogens (tertiary/aromatic N) is 2. The second-order valence-electron chi connectivity index (χ2n) is 6.60. The molecule has 0 bridgehead atoms. The molecule has 0 amide bonds. The molecule has 0 radical (unpaired) electrons. The van der Waals surface area contributed by atoms with Crippen LogP contribution in [0, 0.1) is 6.92 Å². The zero-order chi connectivity index (χ0) is 16.2. The van der Waals surface area contributed by atoms with Crippen LogP contribution in [0.1, 0.15) is 54.8 Å². The topological polar surface area (TPSA) is 23.6 Å². The molecule has 1 atom stereocenters. The molecule has 1 aromatic heterocycles. The molecule has 1 fully saturated rings. The summed E-state index contributed by atoms with van der Waals surface area (Å²) in [4.78, 5) is 19.1. The quantitative estimate of drug-likeness (QED) is 0.713. The lowest BCUT2D eigenvalue weighted by Gasteiger charge is -2.46. The van der Waals surface area contributed by atoms with E-state index in [9.17, 15) is 4.79 Å². The first kappa shape index (κ1) is 17.6. The number of ketones is 1. The molecule has 1 unspecified atom stereocenters. The molecule has 2 heterocycles. The minimum atomic E-state index is -0.297. The third-order valence-electron chi connectivity index (χ3n) is 5.01. The Bertz CT molecular complexity index is 491. The predicted molar refractivity (Wildman–Crippen MR) is 95.0 cm³/mol. The summed E-state index contributed by atoms with van der Waals surface area (Å²) in [5, 5.41) is 2.09. The van der Waals surface area contributed by atoms with E-state index in [2.05, 4.69) is 49.1 Å². The van der Waals surface area contributed by atoms with Gasteiger partial charge in [0.1, 0.15) is 0 Å². The van der Waals surface area contributed by atoms with Gasteiger partial charge in [0.25, 0.3) is 0 Å². The zero-order valence-electron chi connectivity index (χ0n) is 14.5. The van der Waals surface area contributed by atoms with Crippen molar-refractivity contribution in [2.45, 2.75) is 52.0 Å². The lowest BCUT2D eigenvalue weighted by Crippen LogP contribution is -2.60. The maximum Gasteiger partial charge on any atom is 0.192 e. The Hall–Kier alpha value is -0.710. The number of Topliss-reactive ketones (excluding diaryl/α,β-unsaturated/α-hetero) is 1. The second-order valence-corrected chi connectivity index (χ2v) is 7.51. The number of rotatable bonds is 7.